The normalized spacial score (nSPS) is 13.6. The molecule has 1 atom stereocenters. The molecule has 0 bridgehead atoms. The van der Waals surface area contributed by atoms with Crippen LogP contribution in [0.1, 0.15) is 25.6 Å². The summed E-state index contributed by atoms with van der Waals surface area (Å²) in [6, 6.07) is 0. The summed E-state index contributed by atoms with van der Waals surface area (Å²) in [6.07, 6.45) is 3.23. The second kappa shape index (κ2) is 3.94. The van der Waals surface area contributed by atoms with Crippen molar-refractivity contribution in [3.05, 3.63) is 18.3 Å². The molecule has 3 N–H and O–H groups in total. The molecule has 0 saturated heterocycles. The maximum atomic E-state index is 5.73. The lowest BCUT2D eigenvalue weighted by atomic mass is 9.95. The smallest absolute Gasteiger partial charge is 0.180 e. The lowest BCUT2D eigenvalue weighted by molar-refractivity contribution is 0.488. The van der Waals surface area contributed by atoms with E-state index in [0.29, 0.717) is 18.1 Å². The highest BCUT2D eigenvalue weighted by Gasteiger charge is 2.18. The number of aromatic amines is 1. The van der Waals surface area contributed by atoms with Crippen molar-refractivity contribution in [3.8, 4) is 0 Å². The van der Waals surface area contributed by atoms with Crippen LogP contribution in [0.5, 0.6) is 0 Å². The number of nitrogens with zero attached hydrogens (tertiary/aromatic N) is 3. The molecule has 2 aromatic rings. The van der Waals surface area contributed by atoms with Crippen molar-refractivity contribution in [2.75, 3.05) is 6.54 Å². The summed E-state index contributed by atoms with van der Waals surface area (Å²) >= 11 is 0. The molecule has 0 fully saturated rings. The second-order valence-corrected chi connectivity index (χ2v) is 3.97. The molecule has 0 aliphatic rings. The van der Waals surface area contributed by atoms with Gasteiger partial charge in [-0.3, -0.25) is 0 Å². The topological polar surface area (TPSA) is 80.5 Å². The predicted molar refractivity (Wildman–Crippen MR) is 58.3 cm³/mol. The molecular formula is C10H15N5. The predicted octanol–water partition coefficient (Wildman–Crippen LogP) is 1.05. The highest BCUT2D eigenvalue weighted by atomic mass is 15.0. The van der Waals surface area contributed by atoms with Gasteiger partial charge in [0.1, 0.15) is 17.7 Å². The third-order valence-electron chi connectivity index (χ3n) is 2.59. The molecule has 0 amide bonds. The van der Waals surface area contributed by atoms with E-state index in [0.717, 1.165) is 11.3 Å². The summed E-state index contributed by atoms with van der Waals surface area (Å²) in [4.78, 5) is 15.7. The zero-order chi connectivity index (χ0) is 10.8. The van der Waals surface area contributed by atoms with Crippen LogP contribution in [-0.4, -0.2) is 26.5 Å². The summed E-state index contributed by atoms with van der Waals surface area (Å²) in [5, 5.41) is 0. The third kappa shape index (κ3) is 1.83. The van der Waals surface area contributed by atoms with Crippen LogP contribution in [0.25, 0.3) is 11.2 Å². The van der Waals surface area contributed by atoms with Gasteiger partial charge >= 0.3 is 0 Å². The Morgan fingerprint density at radius 1 is 1.47 bits per heavy atom. The number of fused-ring (bicyclic) bond motifs is 1. The summed E-state index contributed by atoms with van der Waals surface area (Å²) in [5.41, 5.74) is 7.31. The minimum absolute atomic E-state index is 0.249. The third-order valence-corrected chi connectivity index (χ3v) is 2.59. The lowest BCUT2D eigenvalue weighted by Gasteiger charge is -2.15. The Hall–Kier alpha value is -1.49. The van der Waals surface area contributed by atoms with Gasteiger partial charge in [-0.05, 0) is 5.92 Å². The molecule has 2 heterocycles. The van der Waals surface area contributed by atoms with Crippen LogP contribution in [-0.2, 0) is 0 Å². The van der Waals surface area contributed by atoms with Gasteiger partial charge in [0, 0.05) is 12.5 Å². The van der Waals surface area contributed by atoms with Crippen molar-refractivity contribution >= 4 is 11.2 Å². The first-order valence-corrected chi connectivity index (χ1v) is 5.08. The molecule has 15 heavy (non-hydrogen) atoms. The van der Waals surface area contributed by atoms with E-state index < -0.39 is 0 Å². The summed E-state index contributed by atoms with van der Waals surface area (Å²) in [7, 11) is 0. The van der Waals surface area contributed by atoms with E-state index in [-0.39, 0.29) is 5.92 Å². The summed E-state index contributed by atoms with van der Waals surface area (Å²) < 4.78 is 0. The van der Waals surface area contributed by atoms with Crippen LogP contribution < -0.4 is 5.73 Å². The molecular weight excluding hydrogens is 190 g/mol. The minimum atomic E-state index is 0.249. The van der Waals surface area contributed by atoms with Gasteiger partial charge in [-0.25, -0.2) is 15.0 Å². The fraction of sp³-hybridized carbons (Fsp3) is 0.500. The average molecular weight is 205 g/mol. The Bertz CT molecular complexity index is 415. The van der Waals surface area contributed by atoms with Crippen molar-refractivity contribution in [2.45, 2.75) is 19.8 Å². The van der Waals surface area contributed by atoms with Crippen molar-refractivity contribution in [3.63, 3.8) is 0 Å². The molecule has 0 saturated carbocycles. The number of nitrogens with one attached hydrogen (secondary N) is 1. The van der Waals surface area contributed by atoms with Gasteiger partial charge in [0.2, 0.25) is 0 Å². The average Bonchev–Trinajstić information content (AvgIpc) is 2.61. The van der Waals surface area contributed by atoms with Crippen molar-refractivity contribution in [1.82, 2.24) is 19.9 Å². The standard InChI is InChI=1S/C10H15N5/c1-6(2)7(3-11)9-14-8-4-12-5-13-10(8)15-9/h4-7H,3,11H2,1-2H3,(H,12,13,14,15). The SMILES string of the molecule is CC(C)C(CN)c1nc2ncncc2[nH]1. The van der Waals surface area contributed by atoms with E-state index >= 15 is 0 Å². The van der Waals surface area contributed by atoms with Crippen LogP contribution in [0.3, 0.4) is 0 Å². The van der Waals surface area contributed by atoms with Crippen molar-refractivity contribution < 1.29 is 0 Å². The van der Waals surface area contributed by atoms with Crippen LogP contribution in [0.2, 0.25) is 0 Å². The molecule has 1 unspecified atom stereocenters. The highest BCUT2D eigenvalue weighted by Crippen LogP contribution is 2.21. The number of imidazole rings is 1. The van der Waals surface area contributed by atoms with E-state index in [1.807, 2.05) is 0 Å². The Balaban J connectivity index is 2.43. The number of aromatic nitrogens is 4. The van der Waals surface area contributed by atoms with E-state index in [1.54, 1.807) is 6.20 Å². The van der Waals surface area contributed by atoms with E-state index in [9.17, 15) is 0 Å². The lowest BCUT2D eigenvalue weighted by Crippen LogP contribution is -2.18. The first-order chi connectivity index (χ1) is 7.22. The molecule has 0 aromatic carbocycles. The minimum Gasteiger partial charge on any atom is -0.339 e. The first-order valence-electron chi connectivity index (χ1n) is 5.08. The van der Waals surface area contributed by atoms with Gasteiger partial charge in [0.15, 0.2) is 5.65 Å². The van der Waals surface area contributed by atoms with Gasteiger partial charge in [-0.15, -0.1) is 0 Å². The number of H-pyrrole nitrogens is 1. The number of hydrogen-bond donors (Lipinski definition) is 2. The van der Waals surface area contributed by atoms with Gasteiger partial charge in [0.05, 0.1) is 6.20 Å². The molecule has 80 valence electrons. The highest BCUT2D eigenvalue weighted by molar-refractivity contribution is 5.68. The first kappa shape index (κ1) is 10.0. The molecule has 0 spiro atoms. The Kier molecular flexibility index (Phi) is 2.64. The number of hydrogen-bond acceptors (Lipinski definition) is 4. The summed E-state index contributed by atoms with van der Waals surface area (Å²) in [6.45, 7) is 4.86. The van der Waals surface area contributed by atoms with Crippen LogP contribution >= 0.6 is 0 Å². The van der Waals surface area contributed by atoms with Crippen LogP contribution in [0.4, 0.5) is 0 Å². The molecule has 2 rings (SSSR count). The maximum Gasteiger partial charge on any atom is 0.180 e. The molecule has 5 heteroatoms. The van der Waals surface area contributed by atoms with Crippen molar-refractivity contribution in [1.29, 1.82) is 0 Å². The summed E-state index contributed by atoms with van der Waals surface area (Å²) in [5.74, 6) is 1.62. The van der Waals surface area contributed by atoms with E-state index in [1.165, 1.54) is 6.33 Å². The van der Waals surface area contributed by atoms with Crippen LogP contribution in [0.15, 0.2) is 12.5 Å². The Morgan fingerprint density at radius 3 is 2.87 bits per heavy atom. The van der Waals surface area contributed by atoms with Gasteiger partial charge < -0.3 is 10.7 Å². The molecule has 2 aromatic heterocycles. The monoisotopic (exact) mass is 205 g/mol. The zero-order valence-electron chi connectivity index (χ0n) is 8.94. The quantitative estimate of drug-likeness (QED) is 0.784. The second-order valence-electron chi connectivity index (χ2n) is 3.97. The van der Waals surface area contributed by atoms with Gasteiger partial charge in [-0.2, -0.15) is 0 Å². The Labute approximate surface area is 88.1 Å². The zero-order valence-corrected chi connectivity index (χ0v) is 8.94. The molecule has 5 nitrogen and oxygen atoms in total. The number of nitrogens with two attached hydrogens (primary N) is 1. The van der Waals surface area contributed by atoms with E-state index in [2.05, 4.69) is 33.8 Å². The Morgan fingerprint density at radius 2 is 2.27 bits per heavy atom. The molecule has 0 aliphatic carbocycles. The van der Waals surface area contributed by atoms with Gasteiger partial charge in [0.25, 0.3) is 0 Å². The fourth-order valence-corrected chi connectivity index (χ4v) is 1.66. The molecule has 0 radical (unpaired) electrons. The fourth-order valence-electron chi connectivity index (χ4n) is 1.66. The maximum absolute atomic E-state index is 5.73. The van der Waals surface area contributed by atoms with Crippen molar-refractivity contribution in [2.24, 2.45) is 11.7 Å². The van der Waals surface area contributed by atoms with Crippen LogP contribution in [0, 0.1) is 5.92 Å². The number of rotatable bonds is 3. The van der Waals surface area contributed by atoms with Gasteiger partial charge in [-0.1, -0.05) is 13.8 Å². The molecule has 0 aliphatic heterocycles. The van der Waals surface area contributed by atoms with E-state index in [4.69, 9.17) is 5.73 Å². The largest absolute Gasteiger partial charge is 0.339 e.